The van der Waals surface area contributed by atoms with Gasteiger partial charge in [0.25, 0.3) is 0 Å². The van der Waals surface area contributed by atoms with Gasteiger partial charge in [-0.2, -0.15) is 5.26 Å². The highest BCUT2D eigenvalue weighted by Gasteiger charge is 2.40. The van der Waals surface area contributed by atoms with E-state index in [4.69, 9.17) is 0 Å². The molecule has 0 heterocycles. The summed E-state index contributed by atoms with van der Waals surface area (Å²) in [7, 11) is 0. The molecule has 2 aliphatic rings. The fraction of sp³-hybridized carbons (Fsp3) is 0.867. The number of amides is 1. The van der Waals surface area contributed by atoms with E-state index < -0.39 is 11.5 Å². The van der Waals surface area contributed by atoms with Crippen molar-refractivity contribution in [2.45, 2.75) is 63.9 Å². The van der Waals surface area contributed by atoms with Crippen LogP contribution < -0.4 is 5.32 Å². The highest BCUT2D eigenvalue weighted by molar-refractivity contribution is 5.85. The second-order valence-electron chi connectivity index (χ2n) is 6.08. The minimum absolute atomic E-state index is 0.174. The predicted molar refractivity (Wildman–Crippen MR) is 72.1 cm³/mol. The minimum Gasteiger partial charge on any atom is -0.391 e. The van der Waals surface area contributed by atoms with E-state index in [1.54, 1.807) is 0 Å². The monoisotopic (exact) mass is 264 g/mol. The largest absolute Gasteiger partial charge is 0.391 e. The van der Waals surface area contributed by atoms with Crippen LogP contribution in [0.1, 0.15) is 57.8 Å². The van der Waals surface area contributed by atoms with Gasteiger partial charge in [-0.05, 0) is 31.6 Å². The molecule has 4 nitrogen and oxygen atoms in total. The van der Waals surface area contributed by atoms with Gasteiger partial charge < -0.3 is 10.4 Å². The van der Waals surface area contributed by atoms with Gasteiger partial charge in [-0.15, -0.1) is 0 Å². The quantitative estimate of drug-likeness (QED) is 0.817. The zero-order valence-electron chi connectivity index (χ0n) is 11.5. The molecule has 1 atom stereocenters. The Morgan fingerprint density at radius 1 is 1.26 bits per heavy atom. The maximum Gasteiger partial charge on any atom is 0.240 e. The molecule has 0 spiro atoms. The molecule has 0 radical (unpaired) electrons. The standard InChI is InChI=1S/C15H24N2O2/c16-11-15(8-4-1-5-9-15)14(19)17-10-13(18)12-6-2-3-7-12/h12-13,18H,1-10H2,(H,17,19). The molecule has 1 amide bonds. The summed E-state index contributed by atoms with van der Waals surface area (Å²) in [5, 5.41) is 22.2. The van der Waals surface area contributed by atoms with Crippen LogP contribution in [0.5, 0.6) is 0 Å². The Morgan fingerprint density at radius 3 is 2.47 bits per heavy atom. The molecule has 19 heavy (non-hydrogen) atoms. The lowest BCUT2D eigenvalue weighted by molar-refractivity contribution is -0.130. The van der Waals surface area contributed by atoms with Crippen molar-refractivity contribution in [1.82, 2.24) is 5.32 Å². The van der Waals surface area contributed by atoms with Crippen LogP contribution in [0.4, 0.5) is 0 Å². The van der Waals surface area contributed by atoms with Gasteiger partial charge in [0.1, 0.15) is 5.41 Å². The Hall–Kier alpha value is -1.08. The molecular formula is C15H24N2O2. The summed E-state index contributed by atoms with van der Waals surface area (Å²) in [6.07, 6.45) is 8.35. The van der Waals surface area contributed by atoms with Crippen LogP contribution in [0.25, 0.3) is 0 Å². The molecule has 2 rings (SSSR count). The van der Waals surface area contributed by atoms with Crippen LogP contribution in [0.2, 0.25) is 0 Å². The van der Waals surface area contributed by atoms with Gasteiger partial charge in [0, 0.05) is 6.54 Å². The Balaban J connectivity index is 1.84. The average molecular weight is 264 g/mol. The van der Waals surface area contributed by atoms with Crippen molar-refractivity contribution in [3.63, 3.8) is 0 Å². The highest BCUT2D eigenvalue weighted by Crippen LogP contribution is 2.36. The van der Waals surface area contributed by atoms with Gasteiger partial charge in [-0.3, -0.25) is 4.79 Å². The molecule has 2 N–H and O–H groups in total. The molecule has 2 aliphatic carbocycles. The molecule has 0 aliphatic heterocycles. The molecule has 106 valence electrons. The first-order chi connectivity index (χ1) is 9.18. The topological polar surface area (TPSA) is 73.1 Å². The summed E-state index contributed by atoms with van der Waals surface area (Å²) >= 11 is 0. The van der Waals surface area contributed by atoms with Gasteiger partial charge in [0.15, 0.2) is 0 Å². The van der Waals surface area contributed by atoms with E-state index in [2.05, 4.69) is 11.4 Å². The number of hydrogen-bond donors (Lipinski definition) is 2. The zero-order valence-corrected chi connectivity index (χ0v) is 11.5. The van der Waals surface area contributed by atoms with Crippen molar-refractivity contribution in [3.8, 4) is 6.07 Å². The van der Waals surface area contributed by atoms with Gasteiger partial charge in [0.2, 0.25) is 5.91 Å². The number of aliphatic hydroxyl groups is 1. The van der Waals surface area contributed by atoms with Gasteiger partial charge in [0.05, 0.1) is 12.2 Å². The number of carbonyl (C=O) groups excluding carboxylic acids is 1. The third kappa shape index (κ3) is 3.27. The molecule has 2 fully saturated rings. The maximum absolute atomic E-state index is 12.2. The van der Waals surface area contributed by atoms with Crippen LogP contribution in [0.15, 0.2) is 0 Å². The van der Waals surface area contributed by atoms with E-state index in [0.717, 1.165) is 32.1 Å². The molecule has 0 aromatic carbocycles. The number of nitrogens with one attached hydrogen (secondary N) is 1. The molecule has 0 aromatic rings. The van der Waals surface area contributed by atoms with Crippen molar-refractivity contribution in [3.05, 3.63) is 0 Å². The van der Waals surface area contributed by atoms with E-state index in [9.17, 15) is 15.2 Å². The second kappa shape index (κ2) is 6.38. The summed E-state index contributed by atoms with van der Waals surface area (Å²) in [5.74, 6) is 0.149. The lowest BCUT2D eigenvalue weighted by atomic mass is 9.74. The summed E-state index contributed by atoms with van der Waals surface area (Å²) in [5.41, 5.74) is -0.840. The molecular weight excluding hydrogens is 240 g/mol. The zero-order chi connectivity index (χ0) is 13.7. The molecule has 0 saturated heterocycles. The smallest absolute Gasteiger partial charge is 0.240 e. The predicted octanol–water partition coefficient (Wildman–Crippen LogP) is 2.13. The number of nitrogens with zero attached hydrogens (tertiary/aromatic N) is 1. The van der Waals surface area contributed by atoms with E-state index in [1.807, 2.05) is 0 Å². The fourth-order valence-corrected chi connectivity index (χ4v) is 3.42. The lowest BCUT2D eigenvalue weighted by Gasteiger charge is -2.30. The SMILES string of the molecule is N#CC1(C(=O)NCC(O)C2CCCC2)CCCCC1. The maximum atomic E-state index is 12.2. The molecule has 0 aromatic heterocycles. The summed E-state index contributed by atoms with van der Waals surface area (Å²) < 4.78 is 0. The summed E-state index contributed by atoms with van der Waals surface area (Å²) in [6, 6.07) is 2.22. The Bertz CT molecular complexity index is 350. The van der Waals surface area contributed by atoms with Crippen LogP contribution >= 0.6 is 0 Å². The number of rotatable bonds is 4. The first-order valence-electron chi connectivity index (χ1n) is 7.55. The first kappa shape index (κ1) is 14.3. The van der Waals surface area contributed by atoms with E-state index >= 15 is 0 Å². The Morgan fingerprint density at radius 2 is 1.89 bits per heavy atom. The fourth-order valence-electron chi connectivity index (χ4n) is 3.42. The Labute approximate surface area is 115 Å². The summed E-state index contributed by atoms with van der Waals surface area (Å²) in [6.45, 7) is 0.299. The van der Waals surface area contributed by atoms with Crippen LogP contribution in [-0.4, -0.2) is 23.7 Å². The van der Waals surface area contributed by atoms with Gasteiger partial charge in [-0.25, -0.2) is 0 Å². The van der Waals surface area contributed by atoms with Crippen LogP contribution in [-0.2, 0) is 4.79 Å². The normalized spacial score (nSPS) is 24.6. The van der Waals surface area contributed by atoms with Crippen molar-refractivity contribution in [2.24, 2.45) is 11.3 Å². The highest BCUT2D eigenvalue weighted by atomic mass is 16.3. The van der Waals surface area contributed by atoms with Crippen molar-refractivity contribution in [2.75, 3.05) is 6.54 Å². The number of aliphatic hydroxyl groups excluding tert-OH is 1. The third-order valence-electron chi connectivity index (χ3n) is 4.77. The number of carbonyl (C=O) groups is 1. The average Bonchev–Trinajstić information content (AvgIpc) is 2.99. The van der Waals surface area contributed by atoms with Gasteiger partial charge >= 0.3 is 0 Å². The third-order valence-corrected chi connectivity index (χ3v) is 4.77. The lowest BCUT2D eigenvalue weighted by Crippen LogP contribution is -2.45. The van der Waals surface area contributed by atoms with E-state index in [-0.39, 0.29) is 5.91 Å². The number of hydrogen-bond acceptors (Lipinski definition) is 3. The molecule has 0 bridgehead atoms. The molecule has 1 unspecified atom stereocenters. The molecule has 2 saturated carbocycles. The Kier molecular flexibility index (Phi) is 4.81. The van der Waals surface area contributed by atoms with Crippen molar-refractivity contribution < 1.29 is 9.90 Å². The minimum atomic E-state index is -0.840. The second-order valence-corrected chi connectivity index (χ2v) is 6.08. The summed E-state index contributed by atoms with van der Waals surface area (Å²) in [4.78, 5) is 12.2. The first-order valence-corrected chi connectivity index (χ1v) is 7.55. The van der Waals surface area contributed by atoms with Crippen LogP contribution in [0, 0.1) is 22.7 Å². The van der Waals surface area contributed by atoms with Crippen LogP contribution in [0.3, 0.4) is 0 Å². The van der Waals surface area contributed by atoms with Crippen molar-refractivity contribution in [1.29, 1.82) is 5.26 Å². The molecule has 4 heteroatoms. The van der Waals surface area contributed by atoms with Gasteiger partial charge in [-0.1, -0.05) is 32.1 Å². The van der Waals surface area contributed by atoms with E-state index in [1.165, 1.54) is 12.8 Å². The van der Waals surface area contributed by atoms with E-state index in [0.29, 0.717) is 25.3 Å². The number of nitriles is 1. The van der Waals surface area contributed by atoms with Crippen molar-refractivity contribution >= 4 is 5.91 Å².